The number of H-pyrrole nitrogens is 2. The van der Waals surface area contributed by atoms with Gasteiger partial charge in [0.25, 0.3) is 0 Å². The van der Waals surface area contributed by atoms with Crippen LogP contribution in [0.3, 0.4) is 0 Å². The van der Waals surface area contributed by atoms with E-state index >= 15 is 0 Å². The SMILES string of the molecule is Cc1ccc(N2CCC(c3cc(-c4cc[nH]c4)n[nH]3)CC2)cc1. The Morgan fingerprint density at radius 3 is 2.57 bits per heavy atom. The highest BCUT2D eigenvalue weighted by atomic mass is 15.1. The number of aromatic amines is 2. The highest BCUT2D eigenvalue weighted by Crippen LogP contribution is 2.31. The van der Waals surface area contributed by atoms with Crippen LogP contribution in [0.2, 0.25) is 0 Å². The molecule has 1 saturated heterocycles. The zero-order valence-corrected chi connectivity index (χ0v) is 13.4. The molecule has 0 spiro atoms. The molecule has 0 bridgehead atoms. The molecule has 4 rings (SSSR count). The number of nitrogens with one attached hydrogen (secondary N) is 2. The van der Waals surface area contributed by atoms with Crippen molar-refractivity contribution < 1.29 is 0 Å². The maximum absolute atomic E-state index is 4.46. The number of anilines is 1. The third-order valence-electron chi connectivity index (χ3n) is 4.83. The summed E-state index contributed by atoms with van der Waals surface area (Å²) in [4.78, 5) is 5.57. The Labute approximate surface area is 136 Å². The van der Waals surface area contributed by atoms with Crippen molar-refractivity contribution in [3.63, 3.8) is 0 Å². The number of hydrogen-bond acceptors (Lipinski definition) is 2. The summed E-state index contributed by atoms with van der Waals surface area (Å²) in [5, 5.41) is 7.71. The minimum absolute atomic E-state index is 0.580. The Hall–Kier alpha value is -2.49. The molecule has 1 aliphatic heterocycles. The second kappa shape index (κ2) is 5.95. The van der Waals surface area contributed by atoms with Crippen LogP contribution in [-0.2, 0) is 0 Å². The van der Waals surface area contributed by atoms with E-state index in [9.17, 15) is 0 Å². The third kappa shape index (κ3) is 2.89. The van der Waals surface area contributed by atoms with Gasteiger partial charge in [0.1, 0.15) is 0 Å². The maximum Gasteiger partial charge on any atom is 0.0938 e. The average Bonchev–Trinajstić information content (AvgIpc) is 3.27. The predicted octanol–water partition coefficient (Wildman–Crippen LogP) is 4.10. The number of hydrogen-bond donors (Lipinski definition) is 2. The first-order valence-corrected chi connectivity index (χ1v) is 8.30. The molecule has 0 aliphatic carbocycles. The van der Waals surface area contributed by atoms with Crippen molar-refractivity contribution in [2.75, 3.05) is 18.0 Å². The largest absolute Gasteiger partial charge is 0.371 e. The zero-order chi connectivity index (χ0) is 15.6. The lowest BCUT2D eigenvalue weighted by Crippen LogP contribution is -2.32. The van der Waals surface area contributed by atoms with Crippen molar-refractivity contribution in [2.24, 2.45) is 0 Å². The zero-order valence-electron chi connectivity index (χ0n) is 13.4. The van der Waals surface area contributed by atoms with Crippen molar-refractivity contribution in [1.29, 1.82) is 0 Å². The van der Waals surface area contributed by atoms with Gasteiger partial charge in [0.05, 0.1) is 5.69 Å². The van der Waals surface area contributed by atoms with Gasteiger partial charge in [0, 0.05) is 48.3 Å². The first-order chi connectivity index (χ1) is 11.3. The number of rotatable bonds is 3. The van der Waals surface area contributed by atoms with Gasteiger partial charge >= 0.3 is 0 Å². The van der Waals surface area contributed by atoms with Crippen molar-refractivity contribution in [2.45, 2.75) is 25.7 Å². The molecule has 0 atom stereocenters. The highest BCUT2D eigenvalue weighted by Gasteiger charge is 2.22. The molecule has 0 radical (unpaired) electrons. The second-order valence-corrected chi connectivity index (χ2v) is 6.41. The van der Waals surface area contributed by atoms with E-state index in [0.717, 1.165) is 24.3 Å². The first-order valence-electron chi connectivity index (χ1n) is 8.30. The van der Waals surface area contributed by atoms with E-state index in [1.807, 2.05) is 12.4 Å². The van der Waals surface area contributed by atoms with Crippen LogP contribution in [0.1, 0.15) is 30.0 Å². The Bertz CT molecular complexity index is 747. The Morgan fingerprint density at radius 1 is 1.09 bits per heavy atom. The summed E-state index contributed by atoms with van der Waals surface area (Å²) in [5.74, 6) is 0.580. The van der Waals surface area contributed by atoms with Crippen molar-refractivity contribution in [3.8, 4) is 11.3 Å². The van der Waals surface area contributed by atoms with Gasteiger partial charge in [-0.15, -0.1) is 0 Å². The summed E-state index contributed by atoms with van der Waals surface area (Å²) in [6, 6.07) is 13.1. The Balaban J connectivity index is 1.42. The van der Waals surface area contributed by atoms with Gasteiger partial charge in [-0.2, -0.15) is 5.10 Å². The Kier molecular flexibility index (Phi) is 3.66. The standard InChI is InChI=1S/C19H22N4/c1-14-2-4-17(5-3-14)23-10-7-15(8-11-23)18-12-19(22-21-18)16-6-9-20-13-16/h2-6,9,12-13,15,20H,7-8,10-11H2,1H3,(H,21,22). The second-order valence-electron chi connectivity index (χ2n) is 6.41. The van der Waals surface area contributed by atoms with Crippen LogP contribution >= 0.6 is 0 Å². The summed E-state index contributed by atoms with van der Waals surface area (Å²) in [6.45, 7) is 4.34. The monoisotopic (exact) mass is 306 g/mol. The summed E-state index contributed by atoms with van der Waals surface area (Å²) in [7, 11) is 0. The van der Waals surface area contributed by atoms with E-state index in [1.54, 1.807) is 0 Å². The summed E-state index contributed by atoms with van der Waals surface area (Å²) >= 11 is 0. The molecule has 3 aromatic rings. The van der Waals surface area contributed by atoms with E-state index in [2.05, 4.69) is 63.4 Å². The smallest absolute Gasteiger partial charge is 0.0938 e. The molecule has 1 aromatic carbocycles. The van der Waals surface area contributed by atoms with Crippen molar-refractivity contribution >= 4 is 5.69 Å². The van der Waals surface area contributed by atoms with Gasteiger partial charge in [0.2, 0.25) is 0 Å². The predicted molar refractivity (Wildman–Crippen MR) is 93.7 cm³/mol. The molecule has 2 aromatic heterocycles. The molecule has 0 saturated carbocycles. The summed E-state index contributed by atoms with van der Waals surface area (Å²) in [6.07, 6.45) is 6.26. The molecule has 4 nitrogen and oxygen atoms in total. The minimum Gasteiger partial charge on any atom is -0.371 e. The number of piperidine rings is 1. The lowest BCUT2D eigenvalue weighted by atomic mass is 9.93. The van der Waals surface area contributed by atoms with E-state index in [0.29, 0.717) is 5.92 Å². The van der Waals surface area contributed by atoms with Crippen LogP contribution in [0.15, 0.2) is 48.8 Å². The molecule has 4 heteroatoms. The van der Waals surface area contributed by atoms with E-state index in [4.69, 9.17) is 0 Å². The van der Waals surface area contributed by atoms with E-state index in [-0.39, 0.29) is 0 Å². The van der Waals surface area contributed by atoms with Crippen LogP contribution in [-0.4, -0.2) is 28.3 Å². The number of aryl methyl sites for hydroxylation is 1. The molecule has 3 heterocycles. The first kappa shape index (κ1) is 14.1. The average molecular weight is 306 g/mol. The number of nitrogens with zero attached hydrogens (tertiary/aromatic N) is 2. The lowest BCUT2D eigenvalue weighted by molar-refractivity contribution is 0.495. The summed E-state index contributed by atoms with van der Waals surface area (Å²) in [5.41, 5.74) is 6.10. The molecule has 23 heavy (non-hydrogen) atoms. The number of benzene rings is 1. The molecular weight excluding hydrogens is 284 g/mol. The fourth-order valence-electron chi connectivity index (χ4n) is 3.38. The van der Waals surface area contributed by atoms with Gasteiger partial charge < -0.3 is 9.88 Å². The molecule has 0 amide bonds. The van der Waals surface area contributed by atoms with Gasteiger partial charge in [-0.05, 0) is 44.0 Å². The maximum atomic E-state index is 4.46. The van der Waals surface area contributed by atoms with Gasteiger partial charge in [0.15, 0.2) is 0 Å². The molecule has 1 fully saturated rings. The van der Waals surface area contributed by atoms with Crippen LogP contribution < -0.4 is 4.90 Å². The van der Waals surface area contributed by atoms with Gasteiger partial charge in [-0.3, -0.25) is 5.10 Å². The van der Waals surface area contributed by atoms with Crippen molar-refractivity contribution in [1.82, 2.24) is 15.2 Å². The minimum atomic E-state index is 0.580. The normalized spacial score (nSPS) is 16.0. The quantitative estimate of drug-likeness (QED) is 0.765. The van der Waals surface area contributed by atoms with Crippen LogP contribution in [0.4, 0.5) is 5.69 Å². The van der Waals surface area contributed by atoms with Gasteiger partial charge in [-0.1, -0.05) is 17.7 Å². The molecule has 118 valence electrons. The van der Waals surface area contributed by atoms with Crippen LogP contribution in [0, 0.1) is 6.92 Å². The van der Waals surface area contributed by atoms with Crippen molar-refractivity contribution in [3.05, 3.63) is 60.0 Å². The van der Waals surface area contributed by atoms with E-state index < -0.39 is 0 Å². The van der Waals surface area contributed by atoms with E-state index in [1.165, 1.54) is 29.8 Å². The highest BCUT2D eigenvalue weighted by molar-refractivity contribution is 5.58. The Morgan fingerprint density at radius 2 is 1.87 bits per heavy atom. The molecule has 0 unspecified atom stereocenters. The fourth-order valence-corrected chi connectivity index (χ4v) is 3.38. The van der Waals surface area contributed by atoms with Gasteiger partial charge in [-0.25, -0.2) is 0 Å². The summed E-state index contributed by atoms with van der Waals surface area (Å²) < 4.78 is 0. The lowest BCUT2D eigenvalue weighted by Gasteiger charge is -2.33. The molecule has 1 aliphatic rings. The topological polar surface area (TPSA) is 47.7 Å². The van der Waals surface area contributed by atoms with Crippen LogP contribution in [0.5, 0.6) is 0 Å². The number of aromatic nitrogens is 3. The third-order valence-corrected chi connectivity index (χ3v) is 4.83. The molecular formula is C19H22N4. The van der Waals surface area contributed by atoms with Crippen LogP contribution in [0.25, 0.3) is 11.3 Å². The molecule has 2 N–H and O–H groups in total. The fraction of sp³-hybridized carbons (Fsp3) is 0.316.